The van der Waals surface area contributed by atoms with Gasteiger partial charge >= 0.3 is 0 Å². The molecular weight excluding hydrogens is 575 g/mol. The van der Waals surface area contributed by atoms with Crippen LogP contribution in [0.3, 0.4) is 0 Å². The Kier molecular flexibility index (Phi) is 8.68. The van der Waals surface area contributed by atoms with Crippen molar-refractivity contribution < 1.29 is 27.5 Å². The predicted molar refractivity (Wildman–Crippen MR) is 155 cm³/mol. The number of hydrogen-bond donors (Lipinski definition) is 3. The largest absolute Gasteiger partial charge is 0.391 e. The number of carbonyl (C=O) groups excluding carboxylic acids is 2. The number of nitrogens with zero attached hydrogens (tertiary/aromatic N) is 4. The third kappa shape index (κ3) is 7.28. The average molecular weight is 613 g/mol. The normalized spacial score (nSPS) is 19.8. The van der Waals surface area contributed by atoms with Gasteiger partial charge in [-0.25, -0.2) is 22.2 Å². The number of halogens is 1. The molecule has 43 heavy (non-hydrogen) atoms. The summed E-state index contributed by atoms with van der Waals surface area (Å²) in [5.41, 5.74) is 1.31. The van der Waals surface area contributed by atoms with Crippen molar-refractivity contribution in [1.82, 2.24) is 29.9 Å². The van der Waals surface area contributed by atoms with Crippen LogP contribution in [0.5, 0.6) is 0 Å². The van der Waals surface area contributed by atoms with Crippen LogP contribution in [-0.4, -0.2) is 63.9 Å². The van der Waals surface area contributed by atoms with E-state index < -0.39 is 45.4 Å². The van der Waals surface area contributed by atoms with E-state index in [1.807, 2.05) is 20.8 Å². The van der Waals surface area contributed by atoms with Crippen LogP contribution in [0.4, 0.5) is 4.39 Å². The first-order chi connectivity index (χ1) is 20.3. The van der Waals surface area contributed by atoms with Crippen molar-refractivity contribution in [3.63, 3.8) is 0 Å². The van der Waals surface area contributed by atoms with E-state index in [0.29, 0.717) is 17.0 Å². The Balaban J connectivity index is 1.25. The molecule has 1 aromatic heterocycles. The maximum absolute atomic E-state index is 13.9. The molecule has 2 unspecified atom stereocenters. The molecule has 2 amide bonds. The Morgan fingerprint density at radius 3 is 2.47 bits per heavy atom. The fourth-order valence-corrected chi connectivity index (χ4v) is 6.45. The molecule has 230 valence electrons. The average Bonchev–Trinajstić information content (AvgIpc) is 3.56. The van der Waals surface area contributed by atoms with Crippen molar-refractivity contribution in [3.8, 4) is 0 Å². The first-order valence-electron chi connectivity index (χ1n) is 14.3. The highest BCUT2D eigenvalue weighted by atomic mass is 32.2. The van der Waals surface area contributed by atoms with Crippen molar-refractivity contribution in [3.05, 3.63) is 77.4 Å². The third-order valence-electron chi connectivity index (χ3n) is 7.74. The van der Waals surface area contributed by atoms with Crippen molar-refractivity contribution in [2.45, 2.75) is 82.1 Å². The van der Waals surface area contributed by atoms with E-state index in [4.69, 9.17) is 0 Å². The summed E-state index contributed by atoms with van der Waals surface area (Å²) in [7, 11) is -3.91. The van der Waals surface area contributed by atoms with Gasteiger partial charge in [0.05, 0.1) is 16.7 Å². The van der Waals surface area contributed by atoms with Gasteiger partial charge in [0.25, 0.3) is 0 Å². The summed E-state index contributed by atoms with van der Waals surface area (Å²) in [6, 6.07) is 10.1. The van der Waals surface area contributed by atoms with Crippen LogP contribution < -0.4 is 10.0 Å². The number of likely N-dealkylation sites (tertiary alicyclic amines) is 1. The van der Waals surface area contributed by atoms with Crippen LogP contribution in [0.1, 0.15) is 68.8 Å². The van der Waals surface area contributed by atoms with E-state index in [1.165, 1.54) is 35.2 Å². The summed E-state index contributed by atoms with van der Waals surface area (Å²) in [6.45, 7) is 5.70. The first-order valence-corrected chi connectivity index (χ1v) is 15.8. The molecule has 1 saturated carbocycles. The number of hydrogen-bond acceptors (Lipinski definition) is 7. The summed E-state index contributed by atoms with van der Waals surface area (Å²) in [5, 5.41) is 21.8. The molecule has 3 atom stereocenters. The molecule has 1 aliphatic carbocycles. The lowest BCUT2D eigenvalue weighted by Crippen LogP contribution is -2.50. The van der Waals surface area contributed by atoms with E-state index >= 15 is 0 Å². The van der Waals surface area contributed by atoms with Crippen LogP contribution in [0, 0.1) is 11.2 Å². The Morgan fingerprint density at radius 1 is 1.09 bits per heavy atom. The molecule has 11 nitrogen and oxygen atoms in total. The number of benzene rings is 2. The van der Waals surface area contributed by atoms with E-state index in [-0.39, 0.29) is 36.9 Å². The molecule has 2 aliphatic rings. The van der Waals surface area contributed by atoms with Crippen LogP contribution in [0.25, 0.3) is 0 Å². The smallest absolute Gasteiger partial charge is 0.248 e. The highest BCUT2D eigenvalue weighted by Gasteiger charge is 2.45. The third-order valence-corrected chi connectivity index (χ3v) is 9.14. The number of rotatable bonds is 10. The van der Waals surface area contributed by atoms with Gasteiger partial charge in [-0.3, -0.25) is 9.59 Å². The van der Waals surface area contributed by atoms with Crippen LogP contribution in [0.2, 0.25) is 0 Å². The maximum atomic E-state index is 13.9. The molecule has 3 aromatic rings. The quantitative estimate of drug-likeness (QED) is 0.319. The summed E-state index contributed by atoms with van der Waals surface area (Å²) >= 11 is 0. The topological polar surface area (TPSA) is 147 Å². The molecule has 2 aromatic carbocycles. The van der Waals surface area contributed by atoms with Crippen LogP contribution in [0.15, 0.2) is 59.6 Å². The van der Waals surface area contributed by atoms with Crippen molar-refractivity contribution in [2.24, 2.45) is 5.41 Å². The molecule has 13 heteroatoms. The number of amides is 2. The molecule has 1 aliphatic heterocycles. The molecule has 5 rings (SSSR count). The molecule has 0 radical (unpaired) electrons. The molecule has 1 saturated heterocycles. The Bertz CT molecular complexity index is 1600. The van der Waals surface area contributed by atoms with Gasteiger partial charge in [0.2, 0.25) is 21.8 Å². The lowest BCUT2D eigenvalue weighted by molar-refractivity contribution is -0.144. The summed E-state index contributed by atoms with van der Waals surface area (Å²) in [5.74, 6) is -0.866. The highest BCUT2D eigenvalue weighted by Crippen LogP contribution is 2.40. The summed E-state index contributed by atoms with van der Waals surface area (Å²) in [4.78, 5) is 28.7. The van der Waals surface area contributed by atoms with Gasteiger partial charge in [-0.05, 0) is 53.6 Å². The lowest BCUT2D eigenvalue weighted by atomic mass is 9.85. The fraction of sp³-hybridized carbons (Fsp3) is 0.467. The zero-order valence-electron chi connectivity index (χ0n) is 24.4. The number of aliphatic hydroxyl groups is 1. The SMILES string of the molecule is CC(C)(C)[C@@H](C(=O)N1CC(O)CC1C(=O)NCc1cccc(S(=O)(=O)NCc2cccc(F)c2)c1)n1cc(C2CC2)nn1. The maximum Gasteiger partial charge on any atom is 0.248 e. The summed E-state index contributed by atoms with van der Waals surface area (Å²) in [6.07, 6.45) is 3.12. The van der Waals surface area contributed by atoms with Crippen molar-refractivity contribution in [2.75, 3.05) is 6.54 Å². The Hall–Kier alpha value is -3.68. The van der Waals surface area contributed by atoms with Crippen LogP contribution in [-0.2, 0) is 32.7 Å². The zero-order valence-corrected chi connectivity index (χ0v) is 25.2. The standard InChI is InChI=1S/C30H37FN6O5S/c1-30(2,3)27(37-18-25(34-35-37)21-10-11-21)29(40)36-17-23(38)14-26(36)28(39)32-15-20-7-5-9-24(13-20)43(41,42)33-16-19-6-4-8-22(31)12-19/h4-9,12-13,18,21,23,26-27,33,38H,10-11,14-17H2,1-3H3,(H,32,39)/t23?,26?,27-/m1/s1. The van der Waals surface area contributed by atoms with E-state index in [9.17, 15) is 27.5 Å². The van der Waals surface area contributed by atoms with Gasteiger partial charge in [0.15, 0.2) is 0 Å². The van der Waals surface area contributed by atoms with E-state index in [2.05, 4.69) is 20.4 Å². The van der Waals surface area contributed by atoms with Gasteiger partial charge in [-0.15, -0.1) is 5.10 Å². The second kappa shape index (κ2) is 12.1. The monoisotopic (exact) mass is 612 g/mol. The molecule has 3 N–H and O–H groups in total. The highest BCUT2D eigenvalue weighted by molar-refractivity contribution is 7.89. The molecule has 0 spiro atoms. The second-order valence-corrected chi connectivity index (χ2v) is 14.1. The lowest BCUT2D eigenvalue weighted by Gasteiger charge is -2.34. The van der Waals surface area contributed by atoms with Gasteiger partial charge in [-0.2, -0.15) is 0 Å². The van der Waals surface area contributed by atoms with E-state index in [0.717, 1.165) is 18.5 Å². The number of nitrogens with one attached hydrogen (secondary N) is 2. The predicted octanol–water partition coefficient (Wildman–Crippen LogP) is 2.64. The molecule has 2 heterocycles. The van der Waals surface area contributed by atoms with Gasteiger partial charge < -0.3 is 15.3 Å². The molecular formula is C30H37FN6O5S. The van der Waals surface area contributed by atoms with Gasteiger partial charge in [-0.1, -0.05) is 50.3 Å². The fourth-order valence-electron chi connectivity index (χ4n) is 5.36. The van der Waals surface area contributed by atoms with E-state index in [1.54, 1.807) is 29.1 Å². The van der Waals surface area contributed by atoms with Crippen molar-refractivity contribution >= 4 is 21.8 Å². The minimum atomic E-state index is -3.91. The Labute approximate surface area is 250 Å². The summed E-state index contributed by atoms with van der Waals surface area (Å²) < 4.78 is 43.2. The minimum Gasteiger partial charge on any atom is -0.391 e. The molecule has 0 bridgehead atoms. The second-order valence-electron chi connectivity index (χ2n) is 12.4. The number of β-amino-alcohol motifs (C(OH)–C–C–N with tert-alkyl or cyclic N) is 1. The van der Waals surface area contributed by atoms with Crippen LogP contribution >= 0.6 is 0 Å². The first kappa shape index (κ1) is 30.8. The Morgan fingerprint density at radius 2 is 1.79 bits per heavy atom. The number of aliphatic hydroxyl groups excluding tert-OH is 1. The zero-order chi connectivity index (χ0) is 30.9. The minimum absolute atomic E-state index is 0.00448. The van der Waals surface area contributed by atoms with Gasteiger partial charge in [0.1, 0.15) is 17.9 Å². The number of aromatic nitrogens is 3. The van der Waals surface area contributed by atoms with Crippen molar-refractivity contribution in [1.29, 1.82) is 0 Å². The number of sulfonamides is 1. The van der Waals surface area contributed by atoms with Gasteiger partial charge in [0, 0.05) is 38.2 Å². The molecule has 2 fully saturated rings. The number of carbonyl (C=O) groups is 2.